The second-order valence-electron chi connectivity index (χ2n) is 18.5. The standard InChI is InChI=1S/C60H104O6/c1-4-7-10-13-16-19-22-25-28-30-31-33-35-38-41-44-47-50-53-59(62)65-56-57(55-64-58(61)52-49-46-43-40-37-34-27-24-21-18-15-12-9-6-3)66-60(63)54-51-48-45-42-39-36-32-29-26-23-20-17-14-11-8-5-2/h8,11,17,20,26,28-31,33,36,39,57H,4-7,9-10,12-16,18-19,21-25,27,32,34-35,37-38,40-56H2,1-3H3/b11-8-,20-17-,29-26-,30-28-,33-31-,39-36-. The Bertz CT molecular complexity index is 1240. The van der Waals surface area contributed by atoms with Crippen molar-refractivity contribution in [3.63, 3.8) is 0 Å². The molecule has 0 saturated carbocycles. The molecule has 0 fully saturated rings. The monoisotopic (exact) mass is 921 g/mol. The predicted octanol–water partition coefficient (Wildman–Crippen LogP) is 18.6. The van der Waals surface area contributed by atoms with E-state index in [1.54, 1.807) is 0 Å². The number of allylic oxidation sites excluding steroid dienone is 12. The topological polar surface area (TPSA) is 78.9 Å². The van der Waals surface area contributed by atoms with Gasteiger partial charge < -0.3 is 14.2 Å². The summed E-state index contributed by atoms with van der Waals surface area (Å²) in [5, 5.41) is 0. The Morgan fingerprint density at radius 1 is 0.333 bits per heavy atom. The highest BCUT2D eigenvalue weighted by Crippen LogP contribution is 2.15. The smallest absolute Gasteiger partial charge is 0.306 e. The molecule has 0 aliphatic rings. The molecule has 0 aliphatic heterocycles. The summed E-state index contributed by atoms with van der Waals surface area (Å²) in [6.07, 6.45) is 68.9. The molecule has 0 rings (SSSR count). The van der Waals surface area contributed by atoms with Gasteiger partial charge >= 0.3 is 17.9 Å². The van der Waals surface area contributed by atoms with Crippen molar-refractivity contribution in [2.24, 2.45) is 0 Å². The molecule has 0 aromatic heterocycles. The molecule has 0 amide bonds. The molecule has 380 valence electrons. The van der Waals surface area contributed by atoms with Crippen LogP contribution in [0.2, 0.25) is 0 Å². The zero-order chi connectivity index (χ0) is 47.9. The number of unbranched alkanes of at least 4 members (excludes halogenated alkanes) is 28. The molecular weight excluding hydrogens is 817 g/mol. The summed E-state index contributed by atoms with van der Waals surface area (Å²) in [4.78, 5) is 38.1. The van der Waals surface area contributed by atoms with Gasteiger partial charge in [0.25, 0.3) is 0 Å². The van der Waals surface area contributed by atoms with Crippen LogP contribution in [0.15, 0.2) is 72.9 Å². The van der Waals surface area contributed by atoms with Gasteiger partial charge in [-0.15, -0.1) is 0 Å². The first-order chi connectivity index (χ1) is 32.5. The highest BCUT2D eigenvalue weighted by Gasteiger charge is 2.19. The number of hydrogen-bond acceptors (Lipinski definition) is 6. The minimum absolute atomic E-state index is 0.0915. The lowest BCUT2D eigenvalue weighted by atomic mass is 10.0. The number of carbonyl (C=O) groups excluding carboxylic acids is 3. The van der Waals surface area contributed by atoms with E-state index in [0.717, 1.165) is 109 Å². The highest BCUT2D eigenvalue weighted by atomic mass is 16.6. The molecule has 0 aromatic carbocycles. The van der Waals surface area contributed by atoms with Crippen LogP contribution in [0.1, 0.15) is 271 Å². The van der Waals surface area contributed by atoms with E-state index in [2.05, 4.69) is 93.7 Å². The highest BCUT2D eigenvalue weighted by molar-refractivity contribution is 5.71. The average Bonchev–Trinajstić information content (AvgIpc) is 3.31. The third kappa shape index (κ3) is 51.8. The second-order valence-corrected chi connectivity index (χ2v) is 18.5. The SMILES string of the molecule is CC/C=C\C/C=C\C/C=C\C/C=C\CCCCCC(=O)OC(COC(=O)CCCCCCC/C=C\C=C/CCCCCCCCC)COC(=O)CCCCCCCCCCCCCCCC. The zero-order valence-electron chi connectivity index (χ0n) is 43.4. The van der Waals surface area contributed by atoms with Crippen LogP contribution in [-0.4, -0.2) is 37.2 Å². The van der Waals surface area contributed by atoms with Crippen molar-refractivity contribution in [2.45, 2.75) is 277 Å². The lowest BCUT2D eigenvalue weighted by molar-refractivity contribution is -0.167. The number of hydrogen-bond donors (Lipinski definition) is 0. The molecule has 6 heteroatoms. The summed E-state index contributed by atoms with van der Waals surface area (Å²) in [5.41, 5.74) is 0. The molecular formula is C60H104O6. The Morgan fingerprint density at radius 2 is 0.636 bits per heavy atom. The molecule has 0 spiro atoms. The Labute approximate surface area is 408 Å². The fourth-order valence-corrected chi connectivity index (χ4v) is 7.78. The number of esters is 3. The number of carbonyl (C=O) groups is 3. The Balaban J connectivity index is 4.45. The van der Waals surface area contributed by atoms with Gasteiger partial charge in [0.1, 0.15) is 13.2 Å². The maximum absolute atomic E-state index is 12.8. The van der Waals surface area contributed by atoms with Crippen molar-refractivity contribution < 1.29 is 28.6 Å². The van der Waals surface area contributed by atoms with Crippen LogP contribution in [0.5, 0.6) is 0 Å². The summed E-state index contributed by atoms with van der Waals surface area (Å²) in [6, 6.07) is 0. The molecule has 0 aromatic rings. The summed E-state index contributed by atoms with van der Waals surface area (Å²) in [6.45, 7) is 6.50. The van der Waals surface area contributed by atoms with E-state index >= 15 is 0 Å². The van der Waals surface area contributed by atoms with E-state index in [9.17, 15) is 14.4 Å². The maximum Gasteiger partial charge on any atom is 0.306 e. The first-order valence-electron chi connectivity index (χ1n) is 28.0. The normalized spacial score (nSPS) is 12.6. The van der Waals surface area contributed by atoms with Gasteiger partial charge in [-0.1, -0.05) is 241 Å². The molecule has 0 radical (unpaired) electrons. The Hall–Kier alpha value is -3.15. The van der Waals surface area contributed by atoms with Gasteiger partial charge in [-0.2, -0.15) is 0 Å². The van der Waals surface area contributed by atoms with Gasteiger partial charge in [0, 0.05) is 19.3 Å². The first-order valence-corrected chi connectivity index (χ1v) is 28.0. The third-order valence-electron chi connectivity index (χ3n) is 12.0. The van der Waals surface area contributed by atoms with Gasteiger partial charge in [0.2, 0.25) is 0 Å². The van der Waals surface area contributed by atoms with Crippen LogP contribution in [0.4, 0.5) is 0 Å². The molecule has 0 bridgehead atoms. The molecule has 1 atom stereocenters. The lowest BCUT2D eigenvalue weighted by Crippen LogP contribution is -2.30. The van der Waals surface area contributed by atoms with Gasteiger partial charge in [-0.3, -0.25) is 14.4 Å². The fraction of sp³-hybridized carbons (Fsp3) is 0.750. The lowest BCUT2D eigenvalue weighted by Gasteiger charge is -2.18. The Morgan fingerprint density at radius 3 is 1.03 bits per heavy atom. The minimum Gasteiger partial charge on any atom is -0.462 e. The van der Waals surface area contributed by atoms with Crippen molar-refractivity contribution in [2.75, 3.05) is 13.2 Å². The van der Waals surface area contributed by atoms with E-state index in [1.165, 1.54) is 122 Å². The van der Waals surface area contributed by atoms with Gasteiger partial charge in [-0.25, -0.2) is 0 Å². The van der Waals surface area contributed by atoms with Crippen molar-refractivity contribution in [1.82, 2.24) is 0 Å². The summed E-state index contributed by atoms with van der Waals surface area (Å²) in [7, 11) is 0. The average molecular weight is 921 g/mol. The molecule has 1 unspecified atom stereocenters. The van der Waals surface area contributed by atoms with Crippen LogP contribution in [0.25, 0.3) is 0 Å². The van der Waals surface area contributed by atoms with Crippen molar-refractivity contribution in [3.8, 4) is 0 Å². The number of rotatable bonds is 50. The van der Waals surface area contributed by atoms with E-state index in [-0.39, 0.29) is 37.5 Å². The van der Waals surface area contributed by atoms with E-state index < -0.39 is 6.10 Å². The number of ether oxygens (including phenoxy) is 3. The fourth-order valence-electron chi connectivity index (χ4n) is 7.78. The van der Waals surface area contributed by atoms with Crippen molar-refractivity contribution in [3.05, 3.63) is 72.9 Å². The minimum atomic E-state index is -0.797. The van der Waals surface area contributed by atoms with Crippen LogP contribution in [0.3, 0.4) is 0 Å². The van der Waals surface area contributed by atoms with E-state index in [1.807, 2.05) is 0 Å². The molecule has 0 N–H and O–H groups in total. The van der Waals surface area contributed by atoms with E-state index in [4.69, 9.17) is 14.2 Å². The maximum atomic E-state index is 12.8. The zero-order valence-corrected chi connectivity index (χ0v) is 43.4. The molecule has 0 saturated heterocycles. The molecule has 0 aliphatic carbocycles. The molecule has 6 nitrogen and oxygen atoms in total. The summed E-state index contributed by atoms with van der Waals surface area (Å²) < 4.78 is 16.8. The van der Waals surface area contributed by atoms with Crippen LogP contribution in [-0.2, 0) is 28.6 Å². The predicted molar refractivity (Wildman–Crippen MR) is 284 cm³/mol. The van der Waals surface area contributed by atoms with E-state index in [0.29, 0.717) is 12.8 Å². The van der Waals surface area contributed by atoms with Crippen molar-refractivity contribution in [1.29, 1.82) is 0 Å². The molecule has 66 heavy (non-hydrogen) atoms. The molecule has 0 heterocycles. The largest absolute Gasteiger partial charge is 0.462 e. The van der Waals surface area contributed by atoms with Crippen LogP contribution in [0, 0.1) is 0 Å². The van der Waals surface area contributed by atoms with Crippen molar-refractivity contribution >= 4 is 17.9 Å². The third-order valence-corrected chi connectivity index (χ3v) is 12.0. The quantitative estimate of drug-likeness (QED) is 0.0199. The summed E-state index contributed by atoms with van der Waals surface area (Å²) >= 11 is 0. The van der Waals surface area contributed by atoms with Gasteiger partial charge in [0.05, 0.1) is 0 Å². The Kier molecular flexibility index (Phi) is 51.9. The first kappa shape index (κ1) is 62.8. The second kappa shape index (κ2) is 54.5. The summed E-state index contributed by atoms with van der Waals surface area (Å²) in [5.74, 6) is -0.931. The van der Waals surface area contributed by atoms with Gasteiger partial charge in [-0.05, 0) is 83.5 Å². The van der Waals surface area contributed by atoms with Crippen LogP contribution < -0.4 is 0 Å². The van der Waals surface area contributed by atoms with Crippen LogP contribution >= 0.6 is 0 Å². The van der Waals surface area contributed by atoms with Gasteiger partial charge in [0.15, 0.2) is 6.10 Å².